The van der Waals surface area contributed by atoms with E-state index >= 15 is 0 Å². The first-order valence-electron chi connectivity index (χ1n) is 9.59. The minimum Gasteiger partial charge on any atom is -0.481 e. The maximum Gasteiger partial charge on any atom is 0.308 e. The molecule has 1 unspecified atom stereocenters. The van der Waals surface area contributed by atoms with Gasteiger partial charge in [-0.3, -0.25) is 9.59 Å². The van der Waals surface area contributed by atoms with Gasteiger partial charge in [-0.05, 0) is 33.9 Å². The molecule has 29 heavy (non-hydrogen) atoms. The molecular weight excluding hydrogens is 366 g/mol. The summed E-state index contributed by atoms with van der Waals surface area (Å²) in [6.45, 7) is 0.584. The largest absolute Gasteiger partial charge is 0.481 e. The highest BCUT2D eigenvalue weighted by atomic mass is 16.5. The van der Waals surface area contributed by atoms with Crippen LogP contribution in [0.5, 0.6) is 0 Å². The lowest BCUT2D eigenvalue weighted by molar-refractivity contribution is -0.141. The van der Waals surface area contributed by atoms with Gasteiger partial charge in [-0.25, -0.2) is 0 Å². The number of benzene rings is 3. The minimum absolute atomic E-state index is 0.0960. The average molecular weight is 391 g/mol. The fourth-order valence-corrected chi connectivity index (χ4v) is 3.38. The molecule has 1 amide bonds. The standard InChI is InChI=1S/C24H25NO4/c1-29-16-19-6-4-5-17(11-19)14-23(26)25-15-22(24(27)28)13-18-9-10-20-7-2-3-8-21(20)12-18/h2-12,22H,13-16H2,1H3,(H,25,26)(H,27,28). The Kier molecular flexibility index (Phi) is 6.98. The third-order valence-corrected chi connectivity index (χ3v) is 4.86. The van der Waals surface area contributed by atoms with E-state index in [2.05, 4.69) is 5.32 Å². The van der Waals surface area contributed by atoms with Crippen LogP contribution in [0.25, 0.3) is 10.8 Å². The lowest BCUT2D eigenvalue weighted by Crippen LogP contribution is -2.34. The summed E-state index contributed by atoms with van der Waals surface area (Å²) in [7, 11) is 1.63. The van der Waals surface area contributed by atoms with Gasteiger partial charge in [0, 0.05) is 13.7 Å². The number of amides is 1. The van der Waals surface area contributed by atoms with Gasteiger partial charge in [0.05, 0.1) is 18.9 Å². The molecular formula is C24H25NO4. The summed E-state index contributed by atoms with van der Waals surface area (Å²) < 4.78 is 5.11. The smallest absolute Gasteiger partial charge is 0.308 e. The van der Waals surface area contributed by atoms with Crippen LogP contribution in [-0.2, 0) is 33.8 Å². The van der Waals surface area contributed by atoms with Gasteiger partial charge in [0.15, 0.2) is 0 Å². The first kappa shape index (κ1) is 20.6. The Morgan fingerprint density at radius 2 is 1.69 bits per heavy atom. The lowest BCUT2D eigenvalue weighted by atomic mass is 9.97. The zero-order valence-corrected chi connectivity index (χ0v) is 16.4. The summed E-state index contributed by atoms with van der Waals surface area (Å²) in [6, 6.07) is 21.5. The summed E-state index contributed by atoms with van der Waals surface area (Å²) in [4.78, 5) is 24.0. The molecule has 1 atom stereocenters. The number of aliphatic carboxylic acids is 1. The molecule has 3 aromatic carbocycles. The highest BCUT2D eigenvalue weighted by Crippen LogP contribution is 2.18. The number of hydrogen-bond donors (Lipinski definition) is 2. The number of nitrogens with one attached hydrogen (secondary N) is 1. The number of hydrogen-bond acceptors (Lipinski definition) is 3. The van der Waals surface area contributed by atoms with Crippen molar-refractivity contribution in [3.8, 4) is 0 Å². The van der Waals surface area contributed by atoms with E-state index in [4.69, 9.17) is 4.74 Å². The molecule has 2 N–H and O–H groups in total. The monoisotopic (exact) mass is 391 g/mol. The first-order valence-corrected chi connectivity index (χ1v) is 9.59. The van der Waals surface area contributed by atoms with Crippen molar-refractivity contribution in [3.05, 3.63) is 83.4 Å². The van der Waals surface area contributed by atoms with Gasteiger partial charge in [0.1, 0.15) is 0 Å². The van der Waals surface area contributed by atoms with Crippen molar-refractivity contribution in [2.75, 3.05) is 13.7 Å². The van der Waals surface area contributed by atoms with Crippen molar-refractivity contribution >= 4 is 22.6 Å². The van der Waals surface area contributed by atoms with Crippen molar-refractivity contribution in [2.24, 2.45) is 5.92 Å². The summed E-state index contributed by atoms with van der Waals surface area (Å²) in [5.74, 6) is -1.79. The minimum atomic E-state index is -0.916. The molecule has 3 rings (SSSR count). The van der Waals surface area contributed by atoms with Crippen molar-refractivity contribution in [3.63, 3.8) is 0 Å². The van der Waals surface area contributed by atoms with Crippen molar-refractivity contribution in [1.82, 2.24) is 5.32 Å². The molecule has 3 aromatic rings. The van der Waals surface area contributed by atoms with Crippen LogP contribution in [0.2, 0.25) is 0 Å². The number of ether oxygens (including phenoxy) is 1. The van der Waals surface area contributed by atoms with Crippen LogP contribution in [0.1, 0.15) is 16.7 Å². The van der Waals surface area contributed by atoms with E-state index in [9.17, 15) is 14.7 Å². The molecule has 150 valence electrons. The Morgan fingerprint density at radius 3 is 2.45 bits per heavy atom. The molecule has 0 aromatic heterocycles. The van der Waals surface area contributed by atoms with Crippen molar-refractivity contribution < 1.29 is 19.4 Å². The fraction of sp³-hybridized carbons (Fsp3) is 0.250. The molecule has 0 heterocycles. The Bertz CT molecular complexity index is 999. The van der Waals surface area contributed by atoms with E-state index in [1.165, 1.54) is 0 Å². The van der Waals surface area contributed by atoms with Gasteiger partial charge in [-0.15, -0.1) is 0 Å². The van der Waals surface area contributed by atoms with Crippen LogP contribution in [0.3, 0.4) is 0 Å². The topological polar surface area (TPSA) is 75.6 Å². The second-order valence-electron chi connectivity index (χ2n) is 7.15. The Morgan fingerprint density at radius 1 is 0.931 bits per heavy atom. The average Bonchev–Trinajstić information content (AvgIpc) is 2.71. The molecule has 5 nitrogen and oxygen atoms in total. The lowest BCUT2D eigenvalue weighted by Gasteiger charge is -2.14. The van der Waals surface area contributed by atoms with Gasteiger partial charge in [-0.2, -0.15) is 0 Å². The summed E-state index contributed by atoms with van der Waals surface area (Å²) in [6.07, 6.45) is 0.573. The van der Waals surface area contributed by atoms with Crippen LogP contribution in [-0.4, -0.2) is 30.6 Å². The number of rotatable bonds is 9. The third-order valence-electron chi connectivity index (χ3n) is 4.86. The van der Waals surface area contributed by atoms with Crippen LogP contribution >= 0.6 is 0 Å². The molecule has 0 aliphatic heterocycles. The predicted molar refractivity (Wildman–Crippen MR) is 113 cm³/mol. The molecule has 0 saturated heterocycles. The zero-order chi connectivity index (χ0) is 20.6. The SMILES string of the molecule is COCc1cccc(CC(=O)NCC(Cc2ccc3ccccc3c2)C(=O)O)c1. The van der Waals surface area contributed by atoms with E-state index in [-0.39, 0.29) is 18.9 Å². The number of fused-ring (bicyclic) bond motifs is 1. The van der Waals surface area contributed by atoms with Crippen molar-refractivity contribution in [2.45, 2.75) is 19.4 Å². The molecule has 0 bridgehead atoms. The van der Waals surface area contributed by atoms with E-state index in [1.807, 2.05) is 66.7 Å². The van der Waals surface area contributed by atoms with E-state index in [1.54, 1.807) is 7.11 Å². The van der Waals surface area contributed by atoms with Gasteiger partial charge < -0.3 is 15.2 Å². The van der Waals surface area contributed by atoms with Crippen LogP contribution in [0.4, 0.5) is 0 Å². The Balaban J connectivity index is 1.59. The number of carboxylic acid groups (broad SMARTS) is 1. The fourth-order valence-electron chi connectivity index (χ4n) is 3.38. The summed E-state index contributed by atoms with van der Waals surface area (Å²) in [5.41, 5.74) is 2.81. The second-order valence-corrected chi connectivity index (χ2v) is 7.15. The highest BCUT2D eigenvalue weighted by Gasteiger charge is 2.19. The van der Waals surface area contributed by atoms with Crippen LogP contribution in [0.15, 0.2) is 66.7 Å². The first-order chi connectivity index (χ1) is 14.0. The molecule has 5 heteroatoms. The number of methoxy groups -OCH3 is 1. The maximum atomic E-state index is 12.3. The molecule has 0 aliphatic carbocycles. The van der Waals surface area contributed by atoms with Gasteiger partial charge in [0.2, 0.25) is 5.91 Å². The molecule has 0 aliphatic rings. The summed E-state index contributed by atoms with van der Waals surface area (Å²) in [5, 5.41) is 14.5. The Hall–Kier alpha value is -3.18. The third kappa shape index (κ3) is 5.90. The van der Waals surface area contributed by atoms with Crippen molar-refractivity contribution in [1.29, 1.82) is 0 Å². The Labute approximate surface area is 170 Å². The highest BCUT2D eigenvalue weighted by molar-refractivity contribution is 5.83. The normalized spacial score (nSPS) is 11.9. The molecule has 0 radical (unpaired) electrons. The van der Waals surface area contributed by atoms with Crippen LogP contribution < -0.4 is 5.32 Å². The van der Waals surface area contributed by atoms with Crippen LogP contribution in [0, 0.1) is 5.92 Å². The van der Waals surface area contributed by atoms with E-state index in [0.29, 0.717) is 13.0 Å². The van der Waals surface area contributed by atoms with E-state index in [0.717, 1.165) is 27.5 Å². The second kappa shape index (κ2) is 9.85. The zero-order valence-electron chi connectivity index (χ0n) is 16.4. The quantitative estimate of drug-likeness (QED) is 0.585. The molecule has 0 saturated carbocycles. The van der Waals surface area contributed by atoms with E-state index < -0.39 is 11.9 Å². The number of carboxylic acids is 1. The van der Waals surface area contributed by atoms with Gasteiger partial charge in [-0.1, -0.05) is 66.7 Å². The summed E-state index contributed by atoms with van der Waals surface area (Å²) >= 11 is 0. The number of carbonyl (C=O) groups is 2. The maximum absolute atomic E-state index is 12.3. The number of carbonyl (C=O) groups excluding carboxylic acids is 1. The predicted octanol–water partition coefficient (Wildman–Crippen LogP) is 3.59. The molecule has 0 spiro atoms. The van der Waals surface area contributed by atoms with Gasteiger partial charge in [0.25, 0.3) is 0 Å². The molecule has 0 fully saturated rings. The van der Waals surface area contributed by atoms with Gasteiger partial charge >= 0.3 is 5.97 Å².